The fourth-order valence-corrected chi connectivity index (χ4v) is 2.58. The van der Waals surface area contributed by atoms with Crippen LogP contribution in [0, 0.1) is 11.8 Å². The molecule has 19 heavy (non-hydrogen) atoms. The van der Waals surface area contributed by atoms with E-state index in [0.717, 1.165) is 32.1 Å². The van der Waals surface area contributed by atoms with E-state index < -0.39 is 29.5 Å². The molecule has 0 aromatic rings. The minimum absolute atomic E-state index is 0.0994. The first-order chi connectivity index (χ1) is 8.72. The summed E-state index contributed by atoms with van der Waals surface area (Å²) >= 11 is 0. The van der Waals surface area contributed by atoms with Gasteiger partial charge in [-0.1, -0.05) is 19.3 Å². The third kappa shape index (κ3) is 4.82. The summed E-state index contributed by atoms with van der Waals surface area (Å²) in [6.45, 7) is 5.15. The number of carbonyl (C=O) groups excluding carboxylic acids is 1. The molecule has 0 aliphatic heterocycles. The average molecular weight is 271 g/mol. The van der Waals surface area contributed by atoms with Gasteiger partial charge in [-0.05, 0) is 39.5 Å². The van der Waals surface area contributed by atoms with Crippen LogP contribution in [-0.2, 0) is 14.3 Å². The van der Waals surface area contributed by atoms with Crippen molar-refractivity contribution in [2.75, 3.05) is 0 Å². The standard InChI is InChI=1S/C14H25NO4/c1-14(2,3)19-13(18)10(12(16)17)11(15)9-7-5-4-6-8-9/h9-11H,4-8,15H2,1-3H3,(H,16,17)/t10-,11?/m0/s1. The Kier molecular flexibility index (Phi) is 5.35. The Morgan fingerprint density at radius 3 is 2.16 bits per heavy atom. The van der Waals surface area contributed by atoms with Crippen LogP contribution in [0.25, 0.3) is 0 Å². The van der Waals surface area contributed by atoms with Crippen molar-refractivity contribution < 1.29 is 19.4 Å². The number of nitrogens with two attached hydrogens (primary N) is 1. The number of esters is 1. The third-order valence-electron chi connectivity index (χ3n) is 3.51. The first kappa shape index (κ1) is 16.0. The molecule has 1 fully saturated rings. The molecular weight excluding hydrogens is 246 g/mol. The van der Waals surface area contributed by atoms with E-state index in [1.54, 1.807) is 20.8 Å². The lowest BCUT2D eigenvalue weighted by Crippen LogP contribution is -2.48. The van der Waals surface area contributed by atoms with Gasteiger partial charge >= 0.3 is 11.9 Å². The van der Waals surface area contributed by atoms with Gasteiger partial charge < -0.3 is 15.6 Å². The number of hydrogen-bond acceptors (Lipinski definition) is 4. The van der Waals surface area contributed by atoms with Gasteiger partial charge in [0.2, 0.25) is 0 Å². The molecule has 5 heteroatoms. The molecule has 1 unspecified atom stereocenters. The van der Waals surface area contributed by atoms with Gasteiger partial charge in [-0.2, -0.15) is 0 Å². The van der Waals surface area contributed by atoms with Crippen LogP contribution in [0.3, 0.4) is 0 Å². The van der Waals surface area contributed by atoms with Crippen LogP contribution < -0.4 is 5.73 Å². The Bertz CT molecular complexity index is 329. The normalized spacial score (nSPS) is 20.6. The quantitative estimate of drug-likeness (QED) is 0.602. The van der Waals surface area contributed by atoms with Gasteiger partial charge in [-0.25, -0.2) is 0 Å². The summed E-state index contributed by atoms with van der Waals surface area (Å²) in [6.07, 6.45) is 5.06. The van der Waals surface area contributed by atoms with Gasteiger partial charge in [0.25, 0.3) is 0 Å². The highest BCUT2D eigenvalue weighted by Gasteiger charge is 2.40. The van der Waals surface area contributed by atoms with Crippen molar-refractivity contribution in [3.05, 3.63) is 0 Å². The molecule has 0 bridgehead atoms. The SMILES string of the molecule is CC(C)(C)OC(=O)[C@H](C(=O)O)C(N)C1CCCCC1. The second kappa shape index (κ2) is 6.37. The van der Waals surface area contributed by atoms with E-state index in [0.29, 0.717) is 0 Å². The maximum atomic E-state index is 12.0. The van der Waals surface area contributed by atoms with Gasteiger partial charge in [0, 0.05) is 6.04 Å². The van der Waals surface area contributed by atoms with E-state index >= 15 is 0 Å². The largest absolute Gasteiger partial charge is 0.481 e. The number of ether oxygens (including phenoxy) is 1. The molecule has 0 aromatic heterocycles. The van der Waals surface area contributed by atoms with E-state index in [-0.39, 0.29) is 5.92 Å². The monoisotopic (exact) mass is 271 g/mol. The van der Waals surface area contributed by atoms with Gasteiger partial charge in [0.05, 0.1) is 0 Å². The number of rotatable bonds is 4. The lowest BCUT2D eigenvalue weighted by molar-refractivity contribution is -0.168. The smallest absolute Gasteiger partial charge is 0.322 e. The van der Waals surface area contributed by atoms with Gasteiger partial charge in [0.15, 0.2) is 5.92 Å². The molecule has 2 atom stereocenters. The first-order valence-corrected chi connectivity index (χ1v) is 6.93. The predicted octanol–water partition coefficient (Wildman–Crippen LogP) is 1.94. The van der Waals surface area contributed by atoms with Crippen molar-refractivity contribution in [3.63, 3.8) is 0 Å². The number of carbonyl (C=O) groups is 2. The minimum atomic E-state index is -1.26. The van der Waals surface area contributed by atoms with Gasteiger partial charge in [-0.15, -0.1) is 0 Å². The van der Waals surface area contributed by atoms with Crippen LogP contribution in [0.15, 0.2) is 0 Å². The number of hydrogen-bond donors (Lipinski definition) is 2. The van der Waals surface area contributed by atoms with Gasteiger partial charge in [0.1, 0.15) is 5.60 Å². The van der Waals surface area contributed by atoms with E-state index in [1.165, 1.54) is 0 Å². The van der Waals surface area contributed by atoms with E-state index in [1.807, 2.05) is 0 Å². The van der Waals surface area contributed by atoms with Crippen molar-refractivity contribution in [2.24, 2.45) is 17.6 Å². The second-order valence-electron chi connectivity index (χ2n) is 6.32. The Morgan fingerprint density at radius 2 is 1.74 bits per heavy atom. The van der Waals surface area contributed by atoms with Crippen LogP contribution in [0.1, 0.15) is 52.9 Å². The van der Waals surface area contributed by atoms with Crippen LogP contribution >= 0.6 is 0 Å². The average Bonchev–Trinajstić information content (AvgIpc) is 2.27. The van der Waals surface area contributed by atoms with Crippen LogP contribution in [0.4, 0.5) is 0 Å². The van der Waals surface area contributed by atoms with Crippen molar-refractivity contribution in [1.29, 1.82) is 0 Å². The summed E-state index contributed by atoms with van der Waals surface area (Å²) in [5, 5.41) is 9.26. The summed E-state index contributed by atoms with van der Waals surface area (Å²) < 4.78 is 5.17. The fourth-order valence-electron chi connectivity index (χ4n) is 2.58. The predicted molar refractivity (Wildman–Crippen MR) is 71.5 cm³/mol. The van der Waals surface area contributed by atoms with Crippen LogP contribution in [0.2, 0.25) is 0 Å². The van der Waals surface area contributed by atoms with E-state index in [4.69, 9.17) is 10.5 Å². The van der Waals surface area contributed by atoms with Crippen LogP contribution in [0.5, 0.6) is 0 Å². The fraction of sp³-hybridized carbons (Fsp3) is 0.857. The molecule has 0 amide bonds. The molecule has 1 saturated carbocycles. The summed E-state index contributed by atoms with van der Waals surface area (Å²) in [5.41, 5.74) is 5.33. The molecule has 1 aliphatic carbocycles. The van der Waals surface area contributed by atoms with Crippen molar-refractivity contribution >= 4 is 11.9 Å². The van der Waals surface area contributed by atoms with Gasteiger partial charge in [-0.3, -0.25) is 9.59 Å². The van der Waals surface area contributed by atoms with E-state index in [9.17, 15) is 14.7 Å². The summed E-state index contributed by atoms with van der Waals surface area (Å²) in [7, 11) is 0. The molecule has 5 nitrogen and oxygen atoms in total. The van der Waals surface area contributed by atoms with Crippen LogP contribution in [-0.4, -0.2) is 28.7 Å². The zero-order valence-electron chi connectivity index (χ0n) is 12.0. The zero-order valence-corrected chi connectivity index (χ0v) is 12.0. The Balaban J connectivity index is 2.75. The molecule has 1 rings (SSSR count). The Hall–Kier alpha value is -1.10. The lowest BCUT2D eigenvalue weighted by Gasteiger charge is -2.31. The summed E-state index contributed by atoms with van der Waals surface area (Å²) in [6, 6.07) is -0.660. The molecule has 0 radical (unpaired) electrons. The lowest BCUT2D eigenvalue weighted by atomic mass is 9.79. The molecule has 1 aliphatic rings. The topological polar surface area (TPSA) is 89.6 Å². The molecule has 0 heterocycles. The van der Waals surface area contributed by atoms with Crippen molar-refractivity contribution in [2.45, 2.75) is 64.5 Å². The highest BCUT2D eigenvalue weighted by atomic mass is 16.6. The maximum absolute atomic E-state index is 12.0. The molecule has 3 N–H and O–H groups in total. The first-order valence-electron chi connectivity index (χ1n) is 6.93. The van der Waals surface area contributed by atoms with E-state index in [2.05, 4.69) is 0 Å². The van der Waals surface area contributed by atoms with Crippen molar-refractivity contribution in [1.82, 2.24) is 0 Å². The van der Waals surface area contributed by atoms with Crippen molar-refractivity contribution in [3.8, 4) is 0 Å². The summed E-state index contributed by atoms with van der Waals surface area (Å²) in [4.78, 5) is 23.3. The number of carboxylic acids is 1. The second-order valence-corrected chi connectivity index (χ2v) is 6.32. The highest BCUT2D eigenvalue weighted by Crippen LogP contribution is 2.29. The Labute approximate surface area is 114 Å². The molecule has 110 valence electrons. The summed E-state index contributed by atoms with van der Waals surface area (Å²) in [5.74, 6) is -3.07. The zero-order chi connectivity index (χ0) is 14.6. The number of carboxylic acid groups (broad SMARTS) is 1. The molecule has 0 saturated heterocycles. The maximum Gasteiger partial charge on any atom is 0.322 e. The molecular formula is C14H25NO4. The third-order valence-corrected chi connectivity index (χ3v) is 3.51. The highest BCUT2D eigenvalue weighted by molar-refractivity contribution is 5.95. The molecule has 0 spiro atoms. The number of aliphatic carboxylic acids is 1. The minimum Gasteiger partial charge on any atom is -0.481 e. The Morgan fingerprint density at radius 1 is 1.21 bits per heavy atom. The molecule has 0 aromatic carbocycles.